The van der Waals surface area contributed by atoms with Gasteiger partial charge in [-0.3, -0.25) is 4.90 Å². The summed E-state index contributed by atoms with van der Waals surface area (Å²) in [5.74, 6) is 0. The maximum absolute atomic E-state index is 9.10. The fourth-order valence-electron chi connectivity index (χ4n) is 2.17. The first-order chi connectivity index (χ1) is 9.83. The number of hydrogen-bond acceptors (Lipinski definition) is 4. The predicted octanol–water partition coefficient (Wildman–Crippen LogP) is 2.59. The van der Waals surface area contributed by atoms with Gasteiger partial charge in [0.15, 0.2) is 0 Å². The summed E-state index contributed by atoms with van der Waals surface area (Å²) in [6.07, 6.45) is 0.747. The van der Waals surface area contributed by atoms with Crippen LogP contribution < -0.4 is 0 Å². The molecule has 0 aliphatic rings. The standard InChI is InChI=1S/C16H21NO2S/c18-9-4-7-17(8-10-19)12-16-11-15(13-20-16)14-5-2-1-3-6-14/h1-3,5-6,11,13,18-19H,4,7-10,12H2. The van der Waals surface area contributed by atoms with Crippen LogP contribution >= 0.6 is 11.3 Å². The van der Waals surface area contributed by atoms with Crippen molar-refractivity contribution in [2.24, 2.45) is 0 Å². The van der Waals surface area contributed by atoms with Crippen molar-refractivity contribution in [2.75, 3.05) is 26.3 Å². The Bertz CT molecular complexity index is 498. The third-order valence-corrected chi connectivity index (χ3v) is 4.11. The molecule has 0 atom stereocenters. The lowest BCUT2D eigenvalue weighted by atomic mass is 10.1. The molecule has 3 nitrogen and oxygen atoms in total. The number of aliphatic hydroxyl groups excluding tert-OH is 2. The first kappa shape index (κ1) is 15.2. The molecule has 2 aromatic rings. The molecule has 2 N–H and O–H groups in total. The summed E-state index contributed by atoms with van der Waals surface area (Å²) in [5, 5.41) is 20.2. The van der Waals surface area contributed by atoms with Gasteiger partial charge in [0.2, 0.25) is 0 Å². The van der Waals surface area contributed by atoms with Crippen molar-refractivity contribution >= 4 is 11.3 Å². The molecule has 0 saturated heterocycles. The normalized spacial score (nSPS) is 11.2. The SMILES string of the molecule is OCCCN(CCO)Cc1cc(-c2ccccc2)cs1. The smallest absolute Gasteiger partial charge is 0.0558 e. The van der Waals surface area contributed by atoms with E-state index in [-0.39, 0.29) is 13.2 Å². The summed E-state index contributed by atoms with van der Waals surface area (Å²) in [5.41, 5.74) is 2.48. The van der Waals surface area contributed by atoms with Crippen molar-refractivity contribution in [3.05, 3.63) is 46.7 Å². The van der Waals surface area contributed by atoms with E-state index in [9.17, 15) is 0 Å². The molecule has 0 amide bonds. The third-order valence-electron chi connectivity index (χ3n) is 3.19. The van der Waals surface area contributed by atoms with Crippen LogP contribution in [0.4, 0.5) is 0 Å². The quantitative estimate of drug-likeness (QED) is 0.785. The van der Waals surface area contributed by atoms with Crippen LogP contribution in [0.5, 0.6) is 0 Å². The van der Waals surface area contributed by atoms with Crippen molar-refractivity contribution in [1.29, 1.82) is 0 Å². The first-order valence-corrected chi connectivity index (χ1v) is 7.78. The largest absolute Gasteiger partial charge is 0.396 e. The minimum Gasteiger partial charge on any atom is -0.396 e. The maximum atomic E-state index is 9.10. The fraction of sp³-hybridized carbons (Fsp3) is 0.375. The van der Waals surface area contributed by atoms with E-state index < -0.39 is 0 Å². The molecule has 4 heteroatoms. The van der Waals surface area contributed by atoms with E-state index in [0.29, 0.717) is 6.54 Å². The zero-order valence-electron chi connectivity index (χ0n) is 11.5. The van der Waals surface area contributed by atoms with E-state index in [1.165, 1.54) is 16.0 Å². The van der Waals surface area contributed by atoms with Crippen LogP contribution in [-0.2, 0) is 6.54 Å². The van der Waals surface area contributed by atoms with Crippen LogP contribution in [0.15, 0.2) is 41.8 Å². The molecule has 1 aromatic heterocycles. The van der Waals surface area contributed by atoms with Crippen molar-refractivity contribution in [1.82, 2.24) is 4.90 Å². The van der Waals surface area contributed by atoms with Crippen LogP contribution in [-0.4, -0.2) is 41.4 Å². The van der Waals surface area contributed by atoms with Gasteiger partial charge in [-0.05, 0) is 29.0 Å². The van der Waals surface area contributed by atoms with Gasteiger partial charge in [-0.1, -0.05) is 30.3 Å². The zero-order valence-corrected chi connectivity index (χ0v) is 12.4. The van der Waals surface area contributed by atoms with Gasteiger partial charge in [0, 0.05) is 31.1 Å². The molecule has 0 aliphatic heterocycles. The van der Waals surface area contributed by atoms with Crippen molar-refractivity contribution in [3.8, 4) is 11.1 Å². The van der Waals surface area contributed by atoms with Gasteiger partial charge in [0.25, 0.3) is 0 Å². The Labute approximate surface area is 124 Å². The number of aliphatic hydroxyl groups is 2. The minimum atomic E-state index is 0.155. The minimum absolute atomic E-state index is 0.155. The second-order valence-electron chi connectivity index (χ2n) is 4.74. The highest BCUT2D eigenvalue weighted by atomic mass is 32.1. The topological polar surface area (TPSA) is 43.7 Å². The lowest BCUT2D eigenvalue weighted by Crippen LogP contribution is -2.27. The monoisotopic (exact) mass is 291 g/mol. The van der Waals surface area contributed by atoms with E-state index >= 15 is 0 Å². The Morgan fingerprint density at radius 2 is 1.75 bits per heavy atom. The average Bonchev–Trinajstić information content (AvgIpc) is 2.94. The van der Waals surface area contributed by atoms with Gasteiger partial charge in [0.1, 0.15) is 0 Å². The summed E-state index contributed by atoms with van der Waals surface area (Å²) in [7, 11) is 0. The second kappa shape index (κ2) is 8.17. The number of nitrogens with zero attached hydrogens (tertiary/aromatic N) is 1. The predicted molar refractivity (Wildman–Crippen MR) is 83.8 cm³/mol. The first-order valence-electron chi connectivity index (χ1n) is 6.90. The van der Waals surface area contributed by atoms with Crippen molar-refractivity contribution in [2.45, 2.75) is 13.0 Å². The number of thiophene rings is 1. The van der Waals surface area contributed by atoms with Crippen LogP contribution in [0, 0.1) is 0 Å². The molecule has 0 spiro atoms. The molecule has 2 rings (SSSR count). The van der Waals surface area contributed by atoms with Crippen LogP contribution in [0.2, 0.25) is 0 Å². The van der Waals surface area contributed by atoms with E-state index in [1.54, 1.807) is 11.3 Å². The van der Waals surface area contributed by atoms with Crippen LogP contribution in [0.3, 0.4) is 0 Å². The van der Waals surface area contributed by atoms with Crippen LogP contribution in [0.1, 0.15) is 11.3 Å². The highest BCUT2D eigenvalue weighted by Gasteiger charge is 2.08. The zero-order chi connectivity index (χ0) is 14.2. The van der Waals surface area contributed by atoms with Gasteiger partial charge in [-0.2, -0.15) is 0 Å². The van der Waals surface area contributed by atoms with E-state index in [1.807, 2.05) is 18.2 Å². The lowest BCUT2D eigenvalue weighted by Gasteiger charge is -2.19. The van der Waals surface area contributed by atoms with Gasteiger partial charge >= 0.3 is 0 Å². The Kier molecular flexibility index (Phi) is 6.21. The Morgan fingerprint density at radius 1 is 0.950 bits per heavy atom. The fourth-order valence-corrected chi connectivity index (χ4v) is 3.11. The highest BCUT2D eigenvalue weighted by Crippen LogP contribution is 2.26. The molecular weight excluding hydrogens is 270 g/mol. The Balaban J connectivity index is 2.00. The molecule has 0 fully saturated rings. The Morgan fingerprint density at radius 3 is 2.45 bits per heavy atom. The molecule has 1 aromatic carbocycles. The van der Waals surface area contributed by atoms with E-state index in [2.05, 4.69) is 28.5 Å². The maximum Gasteiger partial charge on any atom is 0.0558 e. The molecular formula is C16H21NO2S. The van der Waals surface area contributed by atoms with Gasteiger partial charge in [-0.25, -0.2) is 0 Å². The summed E-state index contributed by atoms with van der Waals surface area (Å²) in [6.45, 7) is 2.65. The Hall–Kier alpha value is -1.20. The second-order valence-corrected chi connectivity index (χ2v) is 5.74. The molecule has 20 heavy (non-hydrogen) atoms. The molecule has 0 saturated carbocycles. The number of hydrogen-bond donors (Lipinski definition) is 2. The van der Waals surface area contributed by atoms with E-state index in [0.717, 1.165) is 19.5 Å². The summed E-state index contributed by atoms with van der Waals surface area (Å²) in [6, 6.07) is 12.6. The lowest BCUT2D eigenvalue weighted by molar-refractivity contribution is 0.175. The molecule has 0 aliphatic carbocycles. The van der Waals surface area contributed by atoms with E-state index in [4.69, 9.17) is 10.2 Å². The van der Waals surface area contributed by atoms with Gasteiger partial charge in [-0.15, -0.1) is 11.3 Å². The van der Waals surface area contributed by atoms with Gasteiger partial charge in [0.05, 0.1) is 6.61 Å². The van der Waals surface area contributed by atoms with Crippen molar-refractivity contribution < 1.29 is 10.2 Å². The average molecular weight is 291 g/mol. The molecule has 0 unspecified atom stereocenters. The highest BCUT2D eigenvalue weighted by molar-refractivity contribution is 7.10. The molecule has 0 bridgehead atoms. The molecule has 108 valence electrons. The summed E-state index contributed by atoms with van der Waals surface area (Å²) in [4.78, 5) is 3.46. The molecule has 0 radical (unpaired) electrons. The van der Waals surface area contributed by atoms with Crippen LogP contribution in [0.25, 0.3) is 11.1 Å². The number of benzene rings is 1. The van der Waals surface area contributed by atoms with Gasteiger partial charge < -0.3 is 10.2 Å². The molecule has 1 heterocycles. The van der Waals surface area contributed by atoms with Crippen molar-refractivity contribution in [3.63, 3.8) is 0 Å². The summed E-state index contributed by atoms with van der Waals surface area (Å²) >= 11 is 1.75. The summed E-state index contributed by atoms with van der Waals surface area (Å²) < 4.78 is 0. The third kappa shape index (κ3) is 4.42. The number of rotatable bonds is 8.